The Hall–Kier alpha value is -1.88. The van der Waals surface area contributed by atoms with Crippen molar-refractivity contribution in [3.63, 3.8) is 0 Å². The summed E-state index contributed by atoms with van der Waals surface area (Å²) in [5.41, 5.74) is 1.53. The van der Waals surface area contributed by atoms with E-state index in [0.29, 0.717) is 18.5 Å². The van der Waals surface area contributed by atoms with Crippen molar-refractivity contribution < 1.29 is 14.7 Å². The number of rotatable bonds is 7. The molecule has 0 aromatic heterocycles. The molecule has 1 aromatic rings. The molecule has 0 saturated heterocycles. The van der Waals surface area contributed by atoms with Crippen LogP contribution in [0.2, 0.25) is 0 Å². The van der Waals surface area contributed by atoms with Gasteiger partial charge in [0, 0.05) is 12.1 Å². The fourth-order valence-electron chi connectivity index (χ4n) is 2.66. The number of aliphatic hydroxyl groups excluding tert-OH is 1. The maximum Gasteiger partial charge on any atom is 0.251 e. The summed E-state index contributed by atoms with van der Waals surface area (Å²) in [6.07, 6.45) is 0.183. The molecular weight excluding hydrogens is 316 g/mol. The fourth-order valence-corrected chi connectivity index (χ4v) is 2.66. The van der Waals surface area contributed by atoms with E-state index in [4.69, 9.17) is 0 Å². The van der Waals surface area contributed by atoms with Crippen LogP contribution in [-0.2, 0) is 10.2 Å². The maximum absolute atomic E-state index is 12.1. The Labute approximate surface area is 151 Å². The van der Waals surface area contributed by atoms with Crippen LogP contribution in [0.5, 0.6) is 0 Å². The number of carbonyl (C=O) groups is 2. The van der Waals surface area contributed by atoms with Gasteiger partial charge in [-0.15, -0.1) is 0 Å². The van der Waals surface area contributed by atoms with Gasteiger partial charge < -0.3 is 15.7 Å². The summed E-state index contributed by atoms with van der Waals surface area (Å²) in [6.45, 7) is 12.4. The molecule has 0 heterocycles. The van der Waals surface area contributed by atoms with Crippen LogP contribution in [0.25, 0.3) is 0 Å². The van der Waals surface area contributed by atoms with Crippen molar-refractivity contribution in [2.45, 2.75) is 59.5 Å². The number of nitrogens with one attached hydrogen (secondary N) is 2. The van der Waals surface area contributed by atoms with Gasteiger partial charge in [0.15, 0.2) is 0 Å². The Balaban J connectivity index is 2.47. The molecule has 140 valence electrons. The Bertz CT molecular complexity index is 584. The van der Waals surface area contributed by atoms with E-state index in [2.05, 4.69) is 31.4 Å². The molecule has 0 radical (unpaired) electrons. The quantitative estimate of drug-likeness (QED) is 0.709. The van der Waals surface area contributed by atoms with Gasteiger partial charge in [-0.3, -0.25) is 9.59 Å². The Morgan fingerprint density at radius 2 is 1.60 bits per heavy atom. The van der Waals surface area contributed by atoms with Crippen LogP contribution < -0.4 is 10.6 Å². The zero-order valence-electron chi connectivity index (χ0n) is 16.3. The molecule has 5 nitrogen and oxygen atoms in total. The SMILES string of the molecule is CC(O)CC(C)(C)CNC(=O)CNC(=O)c1ccc(C(C)(C)C)cc1. The van der Waals surface area contributed by atoms with Gasteiger partial charge in [-0.05, 0) is 41.9 Å². The van der Waals surface area contributed by atoms with E-state index in [0.717, 1.165) is 5.56 Å². The van der Waals surface area contributed by atoms with Crippen LogP contribution in [0, 0.1) is 5.41 Å². The first kappa shape index (κ1) is 21.2. The summed E-state index contributed by atoms with van der Waals surface area (Å²) < 4.78 is 0. The minimum Gasteiger partial charge on any atom is -0.393 e. The summed E-state index contributed by atoms with van der Waals surface area (Å²) in [5, 5.41) is 14.9. The van der Waals surface area contributed by atoms with Crippen molar-refractivity contribution in [3.8, 4) is 0 Å². The van der Waals surface area contributed by atoms with E-state index in [-0.39, 0.29) is 29.2 Å². The van der Waals surface area contributed by atoms with E-state index < -0.39 is 6.10 Å². The van der Waals surface area contributed by atoms with Gasteiger partial charge in [0.2, 0.25) is 5.91 Å². The van der Waals surface area contributed by atoms with Crippen LogP contribution in [0.3, 0.4) is 0 Å². The Kier molecular flexibility index (Phi) is 7.17. The lowest BCUT2D eigenvalue weighted by Gasteiger charge is -2.26. The number of benzene rings is 1. The minimum absolute atomic E-state index is 0.0355. The molecular formula is C20H32N2O3. The van der Waals surface area contributed by atoms with Crippen LogP contribution in [0.15, 0.2) is 24.3 Å². The van der Waals surface area contributed by atoms with Gasteiger partial charge in [-0.1, -0.05) is 46.8 Å². The van der Waals surface area contributed by atoms with Crippen molar-refractivity contribution >= 4 is 11.8 Å². The number of carbonyl (C=O) groups excluding carboxylic acids is 2. The highest BCUT2D eigenvalue weighted by Crippen LogP contribution is 2.22. The van der Waals surface area contributed by atoms with Crippen molar-refractivity contribution in [1.29, 1.82) is 0 Å². The molecule has 0 fully saturated rings. The van der Waals surface area contributed by atoms with Gasteiger partial charge in [-0.25, -0.2) is 0 Å². The largest absolute Gasteiger partial charge is 0.393 e. The van der Waals surface area contributed by atoms with Crippen molar-refractivity contribution in [3.05, 3.63) is 35.4 Å². The molecule has 3 N–H and O–H groups in total. The number of aliphatic hydroxyl groups is 1. The Morgan fingerprint density at radius 3 is 2.08 bits per heavy atom. The Morgan fingerprint density at radius 1 is 1.04 bits per heavy atom. The van der Waals surface area contributed by atoms with Gasteiger partial charge in [-0.2, -0.15) is 0 Å². The molecule has 1 unspecified atom stereocenters. The van der Waals surface area contributed by atoms with Crippen LogP contribution in [-0.4, -0.2) is 36.1 Å². The first-order chi connectivity index (χ1) is 11.4. The smallest absolute Gasteiger partial charge is 0.251 e. The topological polar surface area (TPSA) is 78.4 Å². The normalized spacial score (nSPS) is 13.2. The maximum atomic E-state index is 12.1. The van der Waals surface area contributed by atoms with E-state index in [1.807, 2.05) is 26.0 Å². The summed E-state index contributed by atoms with van der Waals surface area (Å²) in [6, 6.07) is 7.43. The van der Waals surface area contributed by atoms with Gasteiger partial charge >= 0.3 is 0 Å². The third kappa shape index (κ3) is 7.69. The average molecular weight is 348 g/mol. The number of hydrogen-bond acceptors (Lipinski definition) is 3. The first-order valence-corrected chi connectivity index (χ1v) is 8.74. The lowest BCUT2D eigenvalue weighted by molar-refractivity contribution is -0.120. The first-order valence-electron chi connectivity index (χ1n) is 8.74. The summed E-state index contributed by atoms with van der Waals surface area (Å²) >= 11 is 0. The van der Waals surface area contributed by atoms with E-state index >= 15 is 0 Å². The molecule has 1 atom stereocenters. The molecule has 25 heavy (non-hydrogen) atoms. The van der Waals surface area contributed by atoms with Crippen molar-refractivity contribution in [2.75, 3.05) is 13.1 Å². The molecule has 2 amide bonds. The predicted octanol–water partition coefficient (Wildman–Crippen LogP) is 2.63. The molecule has 0 saturated carbocycles. The highest BCUT2D eigenvalue weighted by molar-refractivity contribution is 5.96. The predicted molar refractivity (Wildman–Crippen MR) is 101 cm³/mol. The lowest BCUT2D eigenvalue weighted by Crippen LogP contribution is -2.41. The molecule has 0 spiro atoms. The average Bonchev–Trinajstić information content (AvgIpc) is 2.48. The molecule has 5 heteroatoms. The molecule has 1 rings (SSSR count). The molecule has 0 aliphatic rings. The molecule has 0 aliphatic heterocycles. The van der Waals surface area contributed by atoms with Gasteiger partial charge in [0.25, 0.3) is 5.91 Å². The van der Waals surface area contributed by atoms with E-state index in [1.54, 1.807) is 19.1 Å². The highest BCUT2D eigenvalue weighted by Gasteiger charge is 2.21. The second-order valence-electron chi connectivity index (χ2n) is 8.50. The van der Waals surface area contributed by atoms with E-state index in [9.17, 15) is 14.7 Å². The monoisotopic (exact) mass is 348 g/mol. The van der Waals surface area contributed by atoms with Crippen molar-refractivity contribution in [1.82, 2.24) is 10.6 Å². The second-order valence-corrected chi connectivity index (χ2v) is 8.50. The van der Waals surface area contributed by atoms with Crippen molar-refractivity contribution in [2.24, 2.45) is 5.41 Å². The lowest BCUT2D eigenvalue weighted by atomic mass is 9.86. The number of hydrogen-bond donors (Lipinski definition) is 3. The number of amides is 2. The fraction of sp³-hybridized carbons (Fsp3) is 0.600. The summed E-state index contributed by atoms with van der Waals surface area (Å²) in [7, 11) is 0. The molecule has 0 bridgehead atoms. The zero-order chi connectivity index (χ0) is 19.3. The second kappa shape index (κ2) is 8.48. The summed E-state index contributed by atoms with van der Waals surface area (Å²) in [5.74, 6) is -0.503. The molecule has 1 aromatic carbocycles. The third-order valence-electron chi connectivity index (χ3n) is 4.03. The summed E-state index contributed by atoms with van der Waals surface area (Å²) in [4.78, 5) is 24.0. The van der Waals surface area contributed by atoms with Crippen LogP contribution in [0.1, 0.15) is 63.9 Å². The molecule has 0 aliphatic carbocycles. The minimum atomic E-state index is -0.414. The zero-order valence-corrected chi connectivity index (χ0v) is 16.3. The third-order valence-corrected chi connectivity index (χ3v) is 4.03. The standard InChI is InChI=1S/C20H32N2O3/c1-14(23)11-20(5,6)13-22-17(24)12-21-18(25)15-7-9-16(10-8-15)19(2,3)4/h7-10,14,23H,11-13H2,1-6H3,(H,21,25)(H,22,24). The van der Waals surface area contributed by atoms with Gasteiger partial charge in [0.05, 0.1) is 12.6 Å². The van der Waals surface area contributed by atoms with Gasteiger partial charge in [0.1, 0.15) is 0 Å². The van der Waals surface area contributed by atoms with Crippen LogP contribution in [0.4, 0.5) is 0 Å². The van der Waals surface area contributed by atoms with Crippen LogP contribution >= 0.6 is 0 Å². The highest BCUT2D eigenvalue weighted by atomic mass is 16.3. The van der Waals surface area contributed by atoms with E-state index in [1.165, 1.54) is 0 Å².